The first-order valence-corrected chi connectivity index (χ1v) is 6.95. The molecule has 1 aromatic heterocycles. The van der Waals surface area contributed by atoms with E-state index in [4.69, 9.17) is 11.6 Å². The molecule has 1 aromatic carbocycles. The lowest BCUT2D eigenvalue weighted by Gasteiger charge is -2.22. The fraction of sp³-hybridized carbons (Fsp3) is 0.400. The minimum atomic E-state index is 0.495. The van der Waals surface area contributed by atoms with Gasteiger partial charge in [-0.25, -0.2) is 4.98 Å². The minimum absolute atomic E-state index is 0.495. The minimum Gasteiger partial charge on any atom is -0.358 e. The monoisotopic (exact) mass is 277 g/mol. The highest BCUT2D eigenvalue weighted by atomic mass is 35.5. The van der Waals surface area contributed by atoms with Gasteiger partial charge in [0.25, 0.3) is 0 Å². The lowest BCUT2D eigenvalue weighted by Crippen LogP contribution is -2.29. The fourth-order valence-electron chi connectivity index (χ4n) is 2.10. The molecule has 0 aliphatic heterocycles. The number of alkyl halides is 1. The molecule has 0 bridgehead atoms. The molecule has 4 heteroatoms. The number of anilines is 1. The van der Waals surface area contributed by atoms with Gasteiger partial charge < -0.3 is 9.80 Å². The van der Waals surface area contributed by atoms with E-state index in [0.29, 0.717) is 5.88 Å². The van der Waals surface area contributed by atoms with Gasteiger partial charge in [-0.2, -0.15) is 0 Å². The predicted molar refractivity (Wildman–Crippen MR) is 83.1 cm³/mol. The van der Waals surface area contributed by atoms with Gasteiger partial charge in [-0.3, -0.25) is 0 Å². The molecule has 3 nitrogen and oxygen atoms in total. The maximum atomic E-state index is 5.98. The van der Waals surface area contributed by atoms with Gasteiger partial charge in [0.15, 0.2) is 0 Å². The number of likely N-dealkylation sites (N-methyl/N-ethyl adjacent to an activating group) is 2. The lowest BCUT2D eigenvalue weighted by molar-refractivity contribution is 0.416. The molecule has 0 spiro atoms. The summed E-state index contributed by atoms with van der Waals surface area (Å²) in [5, 5.41) is 2.36. The lowest BCUT2D eigenvalue weighted by atomic mass is 10.1. The third kappa shape index (κ3) is 3.17. The van der Waals surface area contributed by atoms with Crippen molar-refractivity contribution in [2.45, 2.75) is 5.88 Å². The van der Waals surface area contributed by atoms with Crippen molar-refractivity contribution in [2.75, 3.05) is 39.1 Å². The van der Waals surface area contributed by atoms with Crippen molar-refractivity contribution in [2.24, 2.45) is 0 Å². The van der Waals surface area contributed by atoms with Gasteiger partial charge in [0.1, 0.15) is 5.82 Å². The molecule has 0 unspecified atom stereocenters. The first-order valence-electron chi connectivity index (χ1n) is 6.42. The number of nitrogens with zero attached hydrogens (tertiary/aromatic N) is 3. The van der Waals surface area contributed by atoms with Crippen LogP contribution in [0.1, 0.15) is 5.56 Å². The zero-order valence-electron chi connectivity index (χ0n) is 11.7. The Kier molecular flexibility index (Phi) is 4.61. The van der Waals surface area contributed by atoms with Crippen molar-refractivity contribution in [3.05, 3.63) is 36.0 Å². The molecule has 0 N–H and O–H groups in total. The summed E-state index contributed by atoms with van der Waals surface area (Å²) in [4.78, 5) is 8.95. The molecule has 0 radical (unpaired) electrons. The van der Waals surface area contributed by atoms with E-state index in [2.05, 4.69) is 48.1 Å². The van der Waals surface area contributed by atoms with Crippen molar-refractivity contribution >= 4 is 28.2 Å². The van der Waals surface area contributed by atoms with E-state index in [-0.39, 0.29) is 0 Å². The van der Waals surface area contributed by atoms with E-state index in [1.54, 1.807) is 0 Å². The Morgan fingerprint density at radius 2 is 1.74 bits per heavy atom. The van der Waals surface area contributed by atoms with Crippen LogP contribution in [0.3, 0.4) is 0 Å². The van der Waals surface area contributed by atoms with E-state index < -0.39 is 0 Å². The average Bonchev–Trinajstić information content (AvgIpc) is 2.43. The van der Waals surface area contributed by atoms with Crippen LogP contribution in [0, 0.1) is 0 Å². The quantitative estimate of drug-likeness (QED) is 0.784. The van der Waals surface area contributed by atoms with Gasteiger partial charge in [0.05, 0.1) is 0 Å². The first-order chi connectivity index (χ1) is 9.13. The third-order valence-electron chi connectivity index (χ3n) is 3.24. The number of hydrogen-bond acceptors (Lipinski definition) is 3. The number of benzene rings is 1. The molecular weight excluding hydrogens is 258 g/mol. The number of fused-ring (bicyclic) bond motifs is 1. The SMILES string of the molecule is CN(C)CCN(C)c1ncc(CCl)c2ccccc12. The van der Waals surface area contributed by atoms with Crippen LogP contribution >= 0.6 is 11.6 Å². The maximum Gasteiger partial charge on any atom is 0.136 e. The first kappa shape index (κ1) is 14.1. The second-order valence-corrected chi connectivity index (χ2v) is 5.28. The summed E-state index contributed by atoms with van der Waals surface area (Å²) in [5.41, 5.74) is 1.09. The Morgan fingerprint density at radius 3 is 2.37 bits per heavy atom. The Labute approximate surface area is 119 Å². The molecule has 0 saturated carbocycles. The molecule has 0 atom stereocenters. The van der Waals surface area contributed by atoms with Crippen LogP contribution in [0.15, 0.2) is 30.5 Å². The smallest absolute Gasteiger partial charge is 0.136 e. The summed E-state index contributed by atoms with van der Waals surface area (Å²) >= 11 is 5.98. The number of pyridine rings is 1. The van der Waals surface area contributed by atoms with Crippen LogP contribution in [0.4, 0.5) is 5.82 Å². The summed E-state index contributed by atoms with van der Waals surface area (Å²) in [6, 6.07) is 8.31. The van der Waals surface area contributed by atoms with Crippen LogP contribution < -0.4 is 4.90 Å². The Balaban J connectivity index is 2.38. The zero-order valence-corrected chi connectivity index (χ0v) is 12.5. The van der Waals surface area contributed by atoms with Gasteiger partial charge in [-0.15, -0.1) is 11.6 Å². The molecular formula is C15H20ClN3. The number of rotatable bonds is 5. The summed E-state index contributed by atoms with van der Waals surface area (Å²) < 4.78 is 0. The summed E-state index contributed by atoms with van der Waals surface area (Å²) in [6.45, 7) is 1.95. The summed E-state index contributed by atoms with van der Waals surface area (Å²) in [7, 11) is 6.24. The topological polar surface area (TPSA) is 19.4 Å². The highest BCUT2D eigenvalue weighted by molar-refractivity contribution is 6.18. The second kappa shape index (κ2) is 6.22. The van der Waals surface area contributed by atoms with Crippen LogP contribution in [0.5, 0.6) is 0 Å². The number of aromatic nitrogens is 1. The Hall–Kier alpha value is -1.32. The molecule has 1 heterocycles. The Morgan fingerprint density at radius 1 is 1.05 bits per heavy atom. The van der Waals surface area contributed by atoms with Gasteiger partial charge >= 0.3 is 0 Å². The van der Waals surface area contributed by atoms with Crippen molar-refractivity contribution in [3.8, 4) is 0 Å². The molecule has 0 aliphatic rings. The van der Waals surface area contributed by atoms with Gasteiger partial charge in [-0.1, -0.05) is 24.3 Å². The maximum absolute atomic E-state index is 5.98. The van der Waals surface area contributed by atoms with Crippen LogP contribution in [0.2, 0.25) is 0 Å². The predicted octanol–water partition coefficient (Wildman–Crippen LogP) is 2.97. The van der Waals surface area contributed by atoms with Gasteiger partial charge in [0, 0.05) is 37.6 Å². The molecule has 0 fully saturated rings. The van der Waals surface area contributed by atoms with E-state index in [0.717, 1.165) is 24.5 Å². The summed E-state index contributed by atoms with van der Waals surface area (Å²) in [6.07, 6.45) is 1.89. The molecule has 0 saturated heterocycles. The van der Waals surface area contributed by atoms with E-state index in [1.165, 1.54) is 10.8 Å². The number of hydrogen-bond donors (Lipinski definition) is 0. The van der Waals surface area contributed by atoms with Crippen molar-refractivity contribution in [3.63, 3.8) is 0 Å². The molecule has 0 amide bonds. The third-order valence-corrected chi connectivity index (χ3v) is 3.53. The van der Waals surface area contributed by atoms with Gasteiger partial charge in [0.2, 0.25) is 0 Å². The highest BCUT2D eigenvalue weighted by Gasteiger charge is 2.10. The molecule has 0 aliphatic carbocycles. The highest BCUT2D eigenvalue weighted by Crippen LogP contribution is 2.27. The standard InChI is InChI=1S/C15H20ClN3/c1-18(2)8-9-19(3)15-14-7-5-4-6-13(14)12(10-16)11-17-15/h4-7,11H,8-10H2,1-3H3. The molecule has 2 rings (SSSR count). The van der Waals surface area contributed by atoms with Crippen molar-refractivity contribution < 1.29 is 0 Å². The molecule has 102 valence electrons. The number of halogens is 1. The van der Waals surface area contributed by atoms with E-state index in [1.807, 2.05) is 18.3 Å². The zero-order chi connectivity index (χ0) is 13.8. The molecule has 19 heavy (non-hydrogen) atoms. The van der Waals surface area contributed by atoms with Crippen LogP contribution in [-0.2, 0) is 5.88 Å². The van der Waals surface area contributed by atoms with Crippen LogP contribution in [-0.4, -0.2) is 44.1 Å². The fourth-order valence-corrected chi connectivity index (χ4v) is 2.32. The van der Waals surface area contributed by atoms with Gasteiger partial charge in [-0.05, 0) is 25.0 Å². The van der Waals surface area contributed by atoms with Crippen molar-refractivity contribution in [1.82, 2.24) is 9.88 Å². The van der Waals surface area contributed by atoms with Crippen LogP contribution in [0.25, 0.3) is 10.8 Å². The largest absolute Gasteiger partial charge is 0.358 e. The second-order valence-electron chi connectivity index (χ2n) is 5.01. The summed E-state index contributed by atoms with van der Waals surface area (Å²) in [5.74, 6) is 1.51. The average molecular weight is 278 g/mol. The van der Waals surface area contributed by atoms with E-state index >= 15 is 0 Å². The Bertz CT molecular complexity index is 554. The van der Waals surface area contributed by atoms with E-state index in [9.17, 15) is 0 Å². The molecule has 2 aromatic rings. The van der Waals surface area contributed by atoms with Crippen molar-refractivity contribution in [1.29, 1.82) is 0 Å². The normalized spacial score (nSPS) is 11.2.